The SMILES string of the molecule is CC(C)COCC(O)CNC1C=CS(=O)(=O)C1. The first-order valence-electron chi connectivity index (χ1n) is 5.79. The molecule has 0 radical (unpaired) electrons. The summed E-state index contributed by atoms with van der Waals surface area (Å²) in [5.74, 6) is 0.519. The molecular formula is C11H21NO4S. The second kappa shape index (κ2) is 6.49. The van der Waals surface area contributed by atoms with Gasteiger partial charge in [-0.2, -0.15) is 0 Å². The van der Waals surface area contributed by atoms with Gasteiger partial charge in [-0.15, -0.1) is 0 Å². The van der Waals surface area contributed by atoms with E-state index in [1.54, 1.807) is 6.08 Å². The van der Waals surface area contributed by atoms with Gasteiger partial charge in [0.05, 0.1) is 18.5 Å². The molecule has 17 heavy (non-hydrogen) atoms. The van der Waals surface area contributed by atoms with E-state index in [0.717, 1.165) is 0 Å². The summed E-state index contributed by atoms with van der Waals surface area (Å²) in [4.78, 5) is 0. The summed E-state index contributed by atoms with van der Waals surface area (Å²) >= 11 is 0. The highest BCUT2D eigenvalue weighted by Crippen LogP contribution is 2.07. The van der Waals surface area contributed by atoms with Crippen LogP contribution in [0.15, 0.2) is 11.5 Å². The fourth-order valence-corrected chi connectivity index (χ4v) is 2.76. The van der Waals surface area contributed by atoms with E-state index in [9.17, 15) is 13.5 Å². The molecule has 0 fully saturated rings. The van der Waals surface area contributed by atoms with E-state index in [0.29, 0.717) is 19.1 Å². The molecule has 1 aliphatic rings. The molecule has 0 aromatic rings. The summed E-state index contributed by atoms with van der Waals surface area (Å²) in [5.41, 5.74) is 0. The minimum absolute atomic E-state index is 0.0760. The van der Waals surface area contributed by atoms with Gasteiger partial charge in [0, 0.05) is 24.6 Å². The molecule has 2 N–H and O–H groups in total. The Hall–Kier alpha value is -0.430. The van der Waals surface area contributed by atoms with Crippen LogP contribution in [0.3, 0.4) is 0 Å². The zero-order chi connectivity index (χ0) is 12.9. The molecule has 0 bridgehead atoms. The van der Waals surface area contributed by atoms with Gasteiger partial charge >= 0.3 is 0 Å². The highest BCUT2D eigenvalue weighted by atomic mass is 32.2. The van der Waals surface area contributed by atoms with Crippen molar-refractivity contribution in [1.82, 2.24) is 5.32 Å². The van der Waals surface area contributed by atoms with Crippen LogP contribution in [0, 0.1) is 5.92 Å². The molecule has 0 saturated carbocycles. The Labute approximate surface area is 103 Å². The Morgan fingerprint density at radius 3 is 2.71 bits per heavy atom. The lowest BCUT2D eigenvalue weighted by atomic mass is 10.2. The number of hydrogen-bond acceptors (Lipinski definition) is 5. The normalized spacial score (nSPS) is 24.4. The Kier molecular flexibility index (Phi) is 5.58. The molecule has 0 aromatic heterocycles. The first kappa shape index (κ1) is 14.6. The lowest BCUT2D eigenvalue weighted by molar-refractivity contribution is 0.0258. The summed E-state index contributed by atoms with van der Waals surface area (Å²) < 4.78 is 27.5. The zero-order valence-electron chi connectivity index (χ0n) is 10.3. The maximum absolute atomic E-state index is 11.1. The summed E-state index contributed by atoms with van der Waals surface area (Å²) in [7, 11) is -3.03. The van der Waals surface area contributed by atoms with Crippen molar-refractivity contribution in [1.29, 1.82) is 0 Å². The van der Waals surface area contributed by atoms with Crippen molar-refractivity contribution in [3.63, 3.8) is 0 Å². The number of ether oxygens (including phenoxy) is 1. The number of aliphatic hydroxyl groups is 1. The van der Waals surface area contributed by atoms with Gasteiger partial charge in [-0.05, 0) is 5.92 Å². The molecule has 5 nitrogen and oxygen atoms in total. The maximum Gasteiger partial charge on any atom is 0.173 e. The fraction of sp³-hybridized carbons (Fsp3) is 0.818. The molecule has 0 aromatic carbocycles. The van der Waals surface area contributed by atoms with Crippen molar-refractivity contribution < 1.29 is 18.3 Å². The highest BCUT2D eigenvalue weighted by molar-refractivity contribution is 7.94. The number of nitrogens with one attached hydrogen (secondary N) is 1. The summed E-state index contributed by atoms with van der Waals surface area (Å²) in [6, 6.07) is -0.195. The molecular weight excluding hydrogens is 242 g/mol. The maximum atomic E-state index is 11.1. The van der Waals surface area contributed by atoms with Gasteiger partial charge in [-0.3, -0.25) is 0 Å². The van der Waals surface area contributed by atoms with Crippen LogP contribution < -0.4 is 5.32 Å². The van der Waals surface area contributed by atoms with Crippen LogP contribution in [0.5, 0.6) is 0 Å². The molecule has 1 aliphatic heterocycles. The predicted octanol–water partition coefficient (Wildman–Crippen LogP) is -0.0798. The number of aliphatic hydroxyl groups excluding tert-OH is 1. The fourth-order valence-electron chi connectivity index (χ4n) is 1.49. The van der Waals surface area contributed by atoms with E-state index in [2.05, 4.69) is 5.32 Å². The van der Waals surface area contributed by atoms with Gasteiger partial charge in [0.25, 0.3) is 0 Å². The molecule has 0 amide bonds. The third-order valence-electron chi connectivity index (χ3n) is 2.31. The van der Waals surface area contributed by atoms with E-state index in [1.807, 2.05) is 13.8 Å². The van der Waals surface area contributed by atoms with E-state index in [1.165, 1.54) is 5.41 Å². The van der Waals surface area contributed by atoms with E-state index in [4.69, 9.17) is 4.74 Å². The average molecular weight is 263 g/mol. The molecule has 0 spiro atoms. The summed E-state index contributed by atoms with van der Waals surface area (Å²) in [6.07, 6.45) is 1.00. The first-order chi connectivity index (χ1) is 7.89. The highest BCUT2D eigenvalue weighted by Gasteiger charge is 2.21. The van der Waals surface area contributed by atoms with Crippen LogP contribution in [-0.4, -0.2) is 51.2 Å². The van der Waals surface area contributed by atoms with Gasteiger partial charge in [0.1, 0.15) is 0 Å². The average Bonchev–Trinajstić information content (AvgIpc) is 2.55. The van der Waals surface area contributed by atoms with Crippen molar-refractivity contribution in [2.45, 2.75) is 26.0 Å². The van der Waals surface area contributed by atoms with E-state index >= 15 is 0 Å². The molecule has 0 saturated heterocycles. The number of sulfone groups is 1. The molecule has 100 valence electrons. The van der Waals surface area contributed by atoms with Gasteiger partial charge in [0.2, 0.25) is 0 Å². The topological polar surface area (TPSA) is 75.6 Å². The zero-order valence-corrected chi connectivity index (χ0v) is 11.1. The smallest absolute Gasteiger partial charge is 0.173 e. The predicted molar refractivity (Wildman–Crippen MR) is 66.4 cm³/mol. The van der Waals surface area contributed by atoms with Crippen LogP contribution in [0.4, 0.5) is 0 Å². The third kappa shape index (κ3) is 6.16. The van der Waals surface area contributed by atoms with Gasteiger partial charge in [-0.1, -0.05) is 19.9 Å². The third-order valence-corrected chi connectivity index (χ3v) is 3.70. The van der Waals surface area contributed by atoms with Gasteiger partial charge in [0.15, 0.2) is 9.84 Å². The van der Waals surface area contributed by atoms with E-state index in [-0.39, 0.29) is 18.4 Å². The van der Waals surface area contributed by atoms with Crippen molar-refractivity contribution in [3.05, 3.63) is 11.5 Å². The molecule has 0 aliphatic carbocycles. The quantitative estimate of drug-likeness (QED) is 0.672. The lowest BCUT2D eigenvalue weighted by Crippen LogP contribution is -2.38. The molecule has 1 rings (SSSR count). The van der Waals surface area contributed by atoms with Gasteiger partial charge in [-0.25, -0.2) is 8.42 Å². The Balaban J connectivity index is 2.13. The van der Waals surface area contributed by atoms with Crippen LogP contribution in [0.1, 0.15) is 13.8 Å². The van der Waals surface area contributed by atoms with Crippen molar-refractivity contribution in [2.75, 3.05) is 25.5 Å². The van der Waals surface area contributed by atoms with Crippen LogP contribution >= 0.6 is 0 Å². The number of rotatable bonds is 7. The van der Waals surface area contributed by atoms with E-state index < -0.39 is 15.9 Å². The monoisotopic (exact) mass is 263 g/mol. The largest absolute Gasteiger partial charge is 0.389 e. The van der Waals surface area contributed by atoms with Crippen molar-refractivity contribution >= 4 is 9.84 Å². The molecule has 2 atom stereocenters. The second-order valence-corrected chi connectivity index (χ2v) is 6.69. The van der Waals surface area contributed by atoms with Crippen LogP contribution in [0.2, 0.25) is 0 Å². The minimum atomic E-state index is -3.03. The molecule has 1 heterocycles. The van der Waals surface area contributed by atoms with Gasteiger partial charge < -0.3 is 15.2 Å². The lowest BCUT2D eigenvalue weighted by Gasteiger charge is -2.15. The second-order valence-electron chi connectivity index (χ2n) is 4.76. The number of hydrogen-bond donors (Lipinski definition) is 2. The Morgan fingerprint density at radius 1 is 1.47 bits per heavy atom. The summed E-state index contributed by atoms with van der Waals surface area (Å²) in [6.45, 7) is 5.31. The van der Waals surface area contributed by atoms with Crippen LogP contribution in [-0.2, 0) is 14.6 Å². The standard InChI is InChI=1S/C11H21NO4S/c1-9(2)6-16-7-11(13)5-12-10-3-4-17(14,15)8-10/h3-4,9-13H,5-8H2,1-2H3. The van der Waals surface area contributed by atoms with Crippen LogP contribution in [0.25, 0.3) is 0 Å². The molecule has 2 unspecified atom stereocenters. The molecule has 6 heteroatoms. The summed E-state index contributed by atoms with van der Waals surface area (Å²) in [5, 5.41) is 13.8. The first-order valence-corrected chi connectivity index (χ1v) is 7.51. The van der Waals surface area contributed by atoms with Crippen molar-refractivity contribution in [3.8, 4) is 0 Å². The Morgan fingerprint density at radius 2 is 2.18 bits per heavy atom. The minimum Gasteiger partial charge on any atom is -0.389 e. The Bertz CT molecular complexity index is 350. The van der Waals surface area contributed by atoms with Crippen molar-refractivity contribution in [2.24, 2.45) is 5.92 Å².